The fourth-order valence-corrected chi connectivity index (χ4v) is 1.22. The molecule has 1 aromatic heterocycles. The van der Waals surface area contributed by atoms with E-state index in [1.807, 2.05) is 25.6 Å². The summed E-state index contributed by atoms with van der Waals surface area (Å²) in [6.45, 7) is 4.59. The van der Waals surface area contributed by atoms with Crippen LogP contribution in [0, 0.1) is 13.8 Å². The zero-order valence-corrected chi connectivity index (χ0v) is 8.27. The van der Waals surface area contributed by atoms with Gasteiger partial charge in [0.15, 0.2) is 0 Å². The van der Waals surface area contributed by atoms with E-state index in [-0.39, 0.29) is 0 Å². The summed E-state index contributed by atoms with van der Waals surface area (Å²) in [7, 11) is 1.92. The Morgan fingerprint density at radius 3 is 2.67 bits per heavy atom. The van der Waals surface area contributed by atoms with E-state index in [4.69, 9.17) is 0 Å². The lowest BCUT2D eigenvalue weighted by Crippen LogP contribution is -1.93. The molecule has 0 fully saturated rings. The summed E-state index contributed by atoms with van der Waals surface area (Å²) >= 11 is 4.50. The van der Waals surface area contributed by atoms with Crippen molar-refractivity contribution in [2.75, 3.05) is 0 Å². The highest BCUT2D eigenvalue weighted by Gasteiger charge is 2.07. The van der Waals surface area contributed by atoms with E-state index in [1.54, 1.807) is 0 Å². The molecule has 0 aliphatic heterocycles. The van der Waals surface area contributed by atoms with Crippen molar-refractivity contribution in [2.24, 2.45) is 12.0 Å². The first kappa shape index (κ1) is 9.10. The summed E-state index contributed by atoms with van der Waals surface area (Å²) in [5.74, 6) is 0. The first-order valence-electron chi connectivity index (χ1n) is 3.69. The molecule has 0 atom stereocenters. The van der Waals surface area contributed by atoms with Crippen LogP contribution in [0.5, 0.6) is 0 Å². The quantitative estimate of drug-likeness (QED) is 0.513. The Balaban J connectivity index is 3.04. The van der Waals surface area contributed by atoms with Crippen molar-refractivity contribution in [2.45, 2.75) is 20.4 Å². The van der Waals surface area contributed by atoms with Gasteiger partial charge in [0.1, 0.15) is 0 Å². The van der Waals surface area contributed by atoms with Gasteiger partial charge in [-0.25, -0.2) is 4.99 Å². The monoisotopic (exact) mass is 181 g/mol. The molecule has 0 saturated carbocycles. The number of aryl methyl sites for hydroxylation is 2. The van der Waals surface area contributed by atoms with Gasteiger partial charge in [0.05, 0.1) is 17.4 Å². The van der Waals surface area contributed by atoms with E-state index in [2.05, 4.69) is 27.5 Å². The average molecular weight is 181 g/mol. The summed E-state index contributed by atoms with van der Waals surface area (Å²) in [5, 5.41) is 6.61. The van der Waals surface area contributed by atoms with E-state index >= 15 is 0 Å². The van der Waals surface area contributed by atoms with Crippen LogP contribution in [0.4, 0.5) is 0 Å². The van der Waals surface area contributed by atoms with Gasteiger partial charge in [-0.2, -0.15) is 5.10 Å². The van der Waals surface area contributed by atoms with Crippen LogP contribution < -0.4 is 0 Å². The maximum absolute atomic E-state index is 4.50. The first-order valence-corrected chi connectivity index (χ1v) is 4.10. The van der Waals surface area contributed by atoms with Crippen LogP contribution in [0.1, 0.15) is 17.0 Å². The molecule has 0 radical (unpaired) electrons. The van der Waals surface area contributed by atoms with Crippen molar-refractivity contribution in [3.8, 4) is 0 Å². The van der Waals surface area contributed by atoms with Gasteiger partial charge in [0.25, 0.3) is 0 Å². The largest absolute Gasteiger partial charge is 0.272 e. The molecule has 4 heteroatoms. The second kappa shape index (κ2) is 3.61. The number of aliphatic imine (C=N–C) groups is 1. The molecule has 0 aromatic carbocycles. The smallest absolute Gasteiger partial charge is 0.0779 e. The van der Waals surface area contributed by atoms with Gasteiger partial charge >= 0.3 is 0 Å². The first-order chi connectivity index (χ1) is 5.66. The Bertz CT molecular complexity index is 334. The van der Waals surface area contributed by atoms with Crippen molar-refractivity contribution in [1.82, 2.24) is 9.78 Å². The number of isothiocyanates is 1. The third kappa shape index (κ3) is 1.60. The Labute approximate surface area is 77.1 Å². The van der Waals surface area contributed by atoms with E-state index in [0.29, 0.717) is 6.54 Å². The van der Waals surface area contributed by atoms with Crippen LogP contribution in [0.25, 0.3) is 0 Å². The van der Waals surface area contributed by atoms with Crippen LogP contribution in [-0.4, -0.2) is 14.9 Å². The molecule has 0 saturated heterocycles. The minimum absolute atomic E-state index is 0.592. The van der Waals surface area contributed by atoms with Crippen LogP contribution in [0.2, 0.25) is 0 Å². The molecule has 0 amide bonds. The SMILES string of the molecule is Cc1nn(C)c(C)c1CN=C=S. The molecule has 0 aliphatic rings. The van der Waals surface area contributed by atoms with Gasteiger partial charge in [0, 0.05) is 18.3 Å². The summed E-state index contributed by atoms with van der Waals surface area (Å²) in [5.41, 5.74) is 3.31. The fourth-order valence-electron chi connectivity index (χ4n) is 1.16. The lowest BCUT2D eigenvalue weighted by molar-refractivity contribution is 0.730. The summed E-state index contributed by atoms with van der Waals surface area (Å²) < 4.78 is 1.85. The highest BCUT2D eigenvalue weighted by Crippen LogP contribution is 2.12. The van der Waals surface area contributed by atoms with Crippen LogP contribution in [0.3, 0.4) is 0 Å². The van der Waals surface area contributed by atoms with Gasteiger partial charge in [-0.1, -0.05) is 0 Å². The number of hydrogen-bond acceptors (Lipinski definition) is 3. The Morgan fingerprint density at radius 2 is 2.25 bits per heavy atom. The average Bonchev–Trinajstić information content (AvgIpc) is 2.25. The number of rotatable bonds is 2. The molecule has 1 heterocycles. The van der Waals surface area contributed by atoms with Crippen LogP contribution >= 0.6 is 12.2 Å². The van der Waals surface area contributed by atoms with Gasteiger partial charge in [-0.15, -0.1) is 0 Å². The molecule has 12 heavy (non-hydrogen) atoms. The minimum Gasteiger partial charge on any atom is -0.272 e. The number of aromatic nitrogens is 2. The standard InChI is InChI=1S/C8H11N3S/c1-6-8(4-9-5-12)7(2)11(3)10-6/h4H2,1-3H3. The highest BCUT2D eigenvalue weighted by molar-refractivity contribution is 7.78. The molecule has 1 rings (SSSR count). The number of thiocarbonyl (C=S) groups is 1. The maximum atomic E-state index is 4.50. The van der Waals surface area contributed by atoms with Crippen LogP contribution in [-0.2, 0) is 13.6 Å². The van der Waals surface area contributed by atoms with Crippen molar-refractivity contribution < 1.29 is 0 Å². The summed E-state index contributed by atoms with van der Waals surface area (Å²) in [6.07, 6.45) is 0. The van der Waals surface area contributed by atoms with Crippen molar-refractivity contribution in [1.29, 1.82) is 0 Å². The molecule has 1 aromatic rings. The Morgan fingerprint density at radius 1 is 1.58 bits per heavy atom. The zero-order valence-electron chi connectivity index (χ0n) is 7.46. The normalized spacial score (nSPS) is 9.58. The molecule has 0 aliphatic carbocycles. The summed E-state index contributed by atoms with van der Waals surface area (Å²) in [4.78, 5) is 3.89. The third-order valence-electron chi connectivity index (χ3n) is 1.96. The van der Waals surface area contributed by atoms with Crippen molar-refractivity contribution in [3.05, 3.63) is 17.0 Å². The molecule has 3 nitrogen and oxygen atoms in total. The fraction of sp³-hybridized carbons (Fsp3) is 0.500. The second-order valence-corrected chi connectivity index (χ2v) is 2.86. The molecule has 0 bridgehead atoms. The van der Waals surface area contributed by atoms with Gasteiger partial charge in [0.2, 0.25) is 0 Å². The lowest BCUT2D eigenvalue weighted by atomic mass is 10.2. The molecule has 0 N–H and O–H groups in total. The third-order valence-corrected chi connectivity index (χ3v) is 2.09. The maximum Gasteiger partial charge on any atom is 0.0779 e. The van der Waals surface area contributed by atoms with E-state index < -0.39 is 0 Å². The summed E-state index contributed by atoms with van der Waals surface area (Å²) in [6, 6.07) is 0. The molecular formula is C8H11N3S. The van der Waals surface area contributed by atoms with Gasteiger partial charge in [-0.05, 0) is 26.1 Å². The molecule has 0 spiro atoms. The minimum atomic E-state index is 0.592. The molecular weight excluding hydrogens is 170 g/mol. The molecule has 0 unspecified atom stereocenters. The lowest BCUT2D eigenvalue weighted by Gasteiger charge is -1.94. The number of hydrogen-bond donors (Lipinski definition) is 0. The van der Waals surface area contributed by atoms with E-state index in [0.717, 1.165) is 17.0 Å². The van der Waals surface area contributed by atoms with E-state index in [9.17, 15) is 0 Å². The highest BCUT2D eigenvalue weighted by atomic mass is 32.1. The Kier molecular flexibility index (Phi) is 2.74. The molecule has 64 valence electrons. The van der Waals surface area contributed by atoms with E-state index in [1.165, 1.54) is 0 Å². The van der Waals surface area contributed by atoms with Gasteiger partial charge < -0.3 is 0 Å². The van der Waals surface area contributed by atoms with Crippen LogP contribution in [0.15, 0.2) is 4.99 Å². The second-order valence-electron chi connectivity index (χ2n) is 2.68. The number of nitrogens with zero attached hydrogens (tertiary/aromatic N) is 3. The predicted molar refractivity (Wildman–Crippen MR) is 51.4 cm³/mol. The van der Waals surface area contributed by atoms with Crippen molar-refractivity contribution in [3.63, 3.8) is 0 Å². The topological polar surface area (TPSA) is 30.2 Å². The predicted octanol–water partition coefficient (Wildman–Crippen LogP) is 1.64. The van der Waals surface area contributed by atoms with Crippen molar-refractivity contribution >= 4 is 17.4 Å². The van der Waals surface area contributed by atoms with Gasteiger partial charge in [-0.3, -0.25) is 4.68 Å². The Hall–Kier alpha value is -0.990. The zero-order chi connectivity index (χ0) is 9.14.